The second kappa shape index (κ2) is 7.00. The van der Waals surface area contributed by atoms with Crippen molar-refractivity contribution in [1.29, 1.82) is 0 Å². The van der Waals surface area contributed by atoms with Crippen molar-refractivity contribution in [2.45, 2.75) is 17.4 Å². The maximum atomic E-state index is 4.87. The fourth-order valence-corrected chi connectivity index (χ4v) is 4.59. The molecule has 0 saturated carbocycles. The van der Waals surface area contributed by atoms with Gasteiger partial charge in [-0.3, -0.25) is 4.98 Å². The van der Waals surface area contributed by atoms with Gasteiger partial charge in [-0.1, -0.05) is 30.3 Å². The lowest BCUT2D eigenvalue weighted by atomic mass is 10.0. The van der Waals surface area contributed by atoms with Gasteiger partial charge in [-0.15, -0.1) is 11.8 Å². The van der Waals surface area contributed by atoms with Gasteiger partial charge in [-0.05, 0) is 42.3 Å². The van der Waals surface area contributed by atoms with E-state index in [1.54, 1.807) is 12.4 Å². The van der Waals surface area contributed by atoms with Crippen molar-refractivity contribution >= 4 is 28.5 Å². The average molecular weight is 370 g/mol. The van der Waals surface area contributed by atoms with Gasteiger partial charge >= 0.3 is 0 Å². The third-order valence-corrected chi connectivity index (χ3v) is 5.92. The van der Waals surface area contributed by atoms with Crippen LogP contribution in [0.1, 0.15) is 18.0 Å². The van der Waals surface area contributed by atoms with Crippen molar-refractivity contribution in [2.75, 3.05) is 11.1 Å². The first-order valence-electron chi connectivity index (χ1n) is 9.04. The summed E-state index contributed by atoms with van der Waals surface area (Å²) in [7, 11) is 0. The molecule has 1 aliphatic rings. The van der Waals surface area contributed by atoms with E-state index in [1.807, 2.05) is 42.1 Å². The lowest BCUT2D eigenvalue weighted by molar-refractivity contribution is 0.725. The maximum Gasteiger partial charge on any atom is 0.163 e. The van der Waals surface area contributed by atoms with Gasteiger partial charge in [0.15, 0.2) is 5.82 Å². The number of aromatic nitrogens is 3. The molecule has 0 radical (unpaired) electrons. The number of pyridine rings is 1. The van der Waals surface area contributed by atoms with Gasteiger partial charge in [-0.25, -0.2) is 9.97 Å². The molecule has 0 bridgehead atoms. The van der Waals surface area contributed by atoms with Crippen molar-refractivity contribution in [3.63, 3.8) is 0 Å². The van der Waals surface area contributed by atoms with Crippen molar-refractivity contribution in [2.24, 2.45) is 0 Å². The van der Waals surface area contributed by atoms with E-state index in [0.717, 1.165) is 34.5 Å². The number of benzene rings is 2. The molecule has 1 N–H and O–H groups in total. The van der Waals surface area contributed by atoms with Crippen LogP contribution >= 0.6 is 11.8 Å². The highest BCUT2D eigenvalue weighted by atomic mass is 32.2. The summed E-state index contributed by atoms with van der Waals surface area (Å²) < 4.78 is 0. The molecule has 132 valence electrons. The molecular weight excluding hydrogens is 352 g/mol. The molecule has 0 saturated heterocycles. The molecule has 27 heavy (non-hydrogen) atoms. The molecule has 5 heteroatoms. The van der Waals surface area contributed by atoms with Crippen LogP contribution in [0.5, 0.6) is 0 Å². The van der Waals surface area contributed by atoms with Crippen LogP contribution in [-0.4, -0.2) is 20.7 Å². The first-order chi connectivity index (χ1) is 13.4. The third-order valence-electron chi connectivity index (χ3n) is 4.79. The molecular formula is C22H18N4S. The van der Waals surface area contributed by atoms with Crippen molar-refractivity contribution < 1.29 is 0 Å². The molecule has 2 aromatic carbocycles. The fraction of sp³-hybridized carbons (Fsp3) is 0.136. The Bertz CT molecular complexity index is 1100. The zero-order valence-electron chi connectivity index (χ0n) is 14.7. The van der Waals surface area contributed by atoms with Crippen LogP contribution in [-0.2, 0) is 0 Å². The maximum absolute atomic E-state index is 4.87. The second-order valence-corrected chi connectivity index (χ2v) is 7.66. The predicted octanol–water partition coefficient (Wildman–Crippen LogP) is 5.34. The summed E-state index contributed by atoms with van der Waals surface area (Å²) in [5.41, 5.74) is 3.21. The SMILES string of the molecule is c1cncc(-c2nc(N[C@H]3CCSc4ccccc43)c3ccccc3n2)c1. The van der Waals surface area contributed by atoms with Gasteiger partial charge in [-0.2, -0.15) is 0 Å². The van der Waals surface area contributed by atoms with Crippen molar-refractivity contribution in [3.05, 3.63) is 78.6 Å². The first-order valence-corrected chi connectivity index (χ1v) is 10.0. The molecule has 4 aromatic rings. The normalized spacial score (nSPS) is 16.1. The van der Waals surface area contributed by atoms with Gasteiger partial charge in [0.05, 0.1) is 11.6 Å². The number of thioether (sulfide) groups is 1. The van der Waals surface area contributed by atoms with Crippen LogP contribution in [0.25, 0.3) is 22.3 Å². The molecule has 4 nitrogen and oxygen atoms in total. The van der Waals surface area contributed by atoms with Gasteiger partial charge in [0.25, 0.3) is 0 Å². The van der Waals surface area contributed by atoms with Crippen LogP contribution in [0.2, 0.25) is 0 Å². The van der Waals surface area contributed by atoms with E-state index in [1.165, 1.54) is 10.5 Å². The Morgan fingerprint density at radius 2 is 1.81 bits per heavy atom. The molecule has 0 amide bonds. The van der Waals surface area contributed by atoms with E-state index >= 15 is 0 Å². The quantitative estimate of drug-likeness (QED) is 0.527. The molecule has 0 unspecified atom stereocenters. The summed E-state index contributed by atoms with van der Waals surface area (Å²) in [4.78, 5) is 15.2. The number of para-hydroxylation sites is 1. The molecule has 1 aliphatic heterocycles. The topological polar surface area (TPSA) is 50.7 Å². The fourth-order valence-electron chi connectivity index (χ4n) is 3.47. The molecule has 2 aromatic heterocycles. The van der Waals surface area contributed by atoms with Gasteiger partial charge in [0.1, 0.15) is 5.82 Å². The van der Waals surface area contributed by atoms with Crippen LogP contribution in [0, 0.1) is 0 Å². The molecule has 1 atom stereocenters. The average Bonchev–Trinajstić information content (AvgIpc) is 2.74. The lowest BCUT2D eigenvalue weighted by Crippen LogP contribution is -2.17. The summed E-state index contributed by atoms with van der Waals surface area (Å²) in [5, 5.41) is 4.75. The van der Waals surface area contributed by atoms with Crippen molar-refractivity contribution in [3.8, 4) is 11.4 Å². The van der Waals surface area contributed by atoms with Crippen LogP contribution < -0.4 is 5.32 Å². The van der Waals surface area contributed by atoms with Crippen LogP contribution in [0.3, 0.4) is 0 Å². The Hall–Kier alpha value is -2.92. The standard InChI is InChI=1S/C22H18N4S/c1-3-9-18-17(8-1)22(26-21(24-18)15-6-5-12-23-14-15)25-19-11-13-27-20-10-4-2-7-16(19)20/h1-10,12,14,19H,11,13H2,(H,24,25,26)/t19-/m0/s1. The number of hydrogen-bond donors (Lipinski definition) is 1. The molecule has 5 rings (SSSR count). The highest BCUT2D eigenvalue weighted by Crippen LogP contribution is 2.38. The smallest absolute Gasteiger partial charge is 0.163 e. The predicted molar refractivity (Wildman–Crippen MR) is 111 cm³/mol. The third kappa shape index (κ3) is 3.15. The minimum atomic E-state index is 0.252. The summed E-state index contributed by atoms with van der Waals surface area (Å²) in [6.45, 7) is 0. The van der Waals surface area contributed by atoms with E-state index in [0.29, 0.717) is 5.82 Å². The number of nitrogens with one attached hydrogen (secondary N) is 1. The Labute approximate surface area is 162 Å². The van der Waals surface area contributed by atoms with E-state index in [9.17, 15) is 0 Å². The number of anilines is 1. The monoisotopic (exact) mass is 370 g/mol. The summed E-state index contributed by atoms with van der Waals surface area (Å²) in [6, 6.07) is 20.9. The van der Waals surface area contributed by atoms with Gasteiger partial charge in [0.2, 0.25) is 0 Å². The number of hydrogen-bond acceptors (Lipinski definition) is 5. The molecule has 0 fully saturated rings. The Kier molecular flexibility index (Phi) is 4.22. The zero-order chi connectivity index (χ0) is 18.1. The lowest BCUT2D eigenvalue weighted by Gasteiger charge is -2.27. The number of nitrogens with zero attached hydrogens (tertiary/aromatic N) is 3. The highest BCUT2D eigenvalue weighted by molar-refractivity contribution is 7.99. The minimum Gasteiger partial charge on any atom is -0.363 e. The zero-order valence-corrected chi connectivity index (χ0v) is 15.5. The number of rotatable bonds is 3. The van der Waals surface area contributed by atoms with Crippen molar-refractivity contribution in [1.82, 2.24) is 15.0 Å². The van der Waals surface area contributed by atoms with Crippen LogP contribution in [0.15, 0.2) is 78.0 Å². The van der Waals surface area contributed by atoms with Crippen LogP contribution in [0.4, 0.5) is 5.82 Å². The second-order valence-electron chi connectivity index (χ2n) is 6.53. The van der Waals surface area contributed by atoms with E-state index in [4.69, 9.17) is 9.97 Å². The summed E-state index contributed by atoms with van der Waals surface area (Å²) in [6.07, 6.45) is 4.64. The van der Waals surface area contributed by atoms with E-state index < -0.39 is 0 Å². The highest BCUT2D eigenvalue weighted by Gasteiger charge is 2.21. The largest absolute Gasteiger partial charge is 0.363 e. The van der Waals surface area contributed by atoms with Gasteiger partial charge < -0.3 is 5.32 Å². The summed E-state index contributed by atoms with van der Waals surface area (Å²) >= 11 is 1.93. The molecule has 0 aliphatic carbocycles. The van der Waals surface area contributed by atoms with E-state index in [2.05, 4.69) is 40.6 Å². The summed E-state index contributed by atoms with van der Waals surface area (Å²) in [5.74, 6) is 2.68. The van der Waals surface area contributed by atoms with E-state index in [-0.39, 0.29) is 6.04 Å². The minimum absolute atomic E-state index is 0.252. The molecule has 3 heterocycles. The Morgan fingerprint density at radius 1 is 0.926 bits per heavy atom. The first kappa shape index (κ1) is 16.3. The number of fused-ring (bicyclic) bond motifs is 2. The Morgan fingerprint density at radius 3 is 2.74 bits per heavy atom. The molecule has 0 spiro atoms. The van der Waals surface area contributed by atoms with Gasteiger partial charge in [0, 0.05) is 34.0 Å². The Balaban J connectivity index is 1.61.